The highest BCUT2D eigenvalue weighted by Gasteiger charge is 2.57. The van der Waals surface area contributed by atoms with Crippen molar-refractivity contribution in [3.63, 3.8) is 0 Å². The van der Waals surface area contributed by atoms with Crippen LogP contribution in [-0.2, 0) is 4.74 Å². The molecule has 0 aromatic carbocycles. The summed E-state index contributed by atoms with van der Waals surface area (Å²) >= 11 is 0. The molecule has 3 aliphatic rings. The lowest BCUT2D eigenvalue weighted by Crippen LogP contribution is -2.68. The number of rotatable bonds is 2. The van der Waals surface area contributed by atoms with Crippen molar-refractivity contribution in [3.05, 3.63) is 0 Å². The summed E-state index contributed by atoms with van der Waals surface area (Å²) in [6, 6.07) is 0. The highest BCUT2D eigenvalue weighted by Crippen LogP contribution is 2.56. The number of hydrogen-bond donors (Lipinski definition) is 2. The molecule has 0 spiro atoms. The summed E-state index contributed by atoms with van der Waals surface area (Å²) in [6.07, 6.45) is 2.78. The van der Waals surface area contributed by atoms with Gasteiger partial charge in [-0.15, -0.1) is 0 Å². The predicted molar refractivity (Wildman–Crippen MR) is 36.8 cm³/mol. The van der Waals surface area contributed by atoms with Crippen molar-refractivity contribution in [2.45, 2.75) is 24.8 Å². The minimum absolute atomic E-state index is 0.0525. The van der Waals surface area contributed by atoms with Gasteiger partial charge in [-0.25, -0.2) is 4.79 Å². The van der Waals surface area contributed by atoms with Crippen LogP contribution in [0.15, 0.2) is 0 Å². The van der Waals surface area contributed by atoms with E-state index in [-0.39, 0.29) is 5.54 Å². The van der Waals surface area contributed by atoms with Gasteiger partial charge in [0.25, 0.3) is 0 Å². The van der Waals surface area contributed by atoms with Gasteiger partial charge in [-0.1, -0.05) is 0 Å². The number of carbonyl (C=O) groups excluding carboxylic acids is 1. The van der Waals surface area contributed by atoms with Crippen LogP contribution >= 0.6 is 0 Å². The Hall–Kier alpha value is -0.770. The summed E-state index contributed by atoms with van der Waals surface area (Å²) in [5.41, 5.74) is 0.0525. The third-order valence-electron chi connectivity index (χ3n) is 2.60. The van der Waals surface area contributed by atoms with E-state index in [9.17, 15) is 4.79 Å². The molecule has 2 bridgehead atoms. The summed E-state index contributed by atoms with van der Waals surface area (Å²) in [5.74, 6) is 0.837. The van der Waals surface area contributed by atoms with Crippen molar-refractivity contribution in [1.29, 1.82) is 0 Å². The summed E-state index contributed by atoms with van der Waals surface area (Å²) in [4.78, 5) is 10.8. The van der Waals surface area contributed by atoms with E-state index in [0.717, 1.165) is 25.2 Å². The van der Waals surface area contributed by atoms with Gasteiger partial charge in [0.1, 0.15) is 0 Å². The second-order valence-corrected chi connectivity index (χ2v) is 3.44. The fourth-order valence-corrected chi connectivity index (χ4v) is 1.94. The molecular weight excluding hydrogens is 146 g/mol. The van der Waals surface area contributed by atoms with Crippen LogP contribution in [0.4, 0.5) is 4.79 Å². The van der Waals surface area contributed by atoms with E-state index in [4.69, 9.17) is 5.11 Å². The monoisotopic (exact) mass is 157 g/mol. The summed E-state index contributed by atoms with van der Waals surface area (Å²) in [7, 11) is 0. The van der Waals surface area contributed by atoms with E-state index in [2.05, 4.69) is 10.1 Å². The van der Waals surface area contributed by atoms with Gasteiger partial charge in [-0.3, -0.25) is 0 Å². The highest BCUT2D eigenvalue weighted by molar-refractivity contribution is 5.69. The van der Waals surface area contributed by atoms with Gasteiger partial charge >= 0.3 is 6.09 Å². The van der Waals surface area contributed by atoms with Crippen LogP contribution in [0.2, 0.25) is 0 Å². The van der Waals surface area contributed by atoms with Crippen LogP contribution in [0.1, 0.15) is 19.3 Å². The molecule has 0 aliphatic heterocycles. The van der Waals surface area contributed by atoms with Gasteiger partial charge in [0.2, 0.25) is 0 Å². The first-order valence-corrected chi connectivity index (χ1v) is 3.80. The molecular formula is C7H11NO3. The topological polar surface area (TPSA) is 58.6 Å². The van der Waals surface area contributed by atoms with Crippen LogP contribution < -0.4 is 5.32 Å². The lowest BCUT2D eigenvalue weighted by Gasteiger charge is -2.61. The average Bonchev–Trinajstić information content (AvgIpc) is 1.77. The molecule has 3 aliphatic carbocycles. The summed E-state index contributed by atoms with van der Waals surface area (Å²) in [6.45, 7) is -0.536. The molecule has 3 fully saturated rings. The Morgan fingerprint density at radius 3 is 2.64 bits per heavy atom. The quantitative estimate of drug-likeness (QED) is 0.563. The molecule has 11 heavy (non-hydrogen) atoms. The number of aliphatic hydroxyl groups excluding tert-OH is 1. The minimum atomic E-state index is -0.536. The van der Waals surface area contributed by atoms with Gasteiger partial charge in [0.15, 0.2) is 6.79 Å². The number of carbonyl (C=O) groups is 1. The Labute approximate surface area is 64.5 Å². The number of alkyl carbamates (subject to hydrolysis) is 1. The van der Waals surface area contributed by atoms with E-state index >= 15 is 0 Å². The molecule has 0 saturated heterocycles. The van der Waals surface area contributed by atoms with Crippen LogP contribution in [0.25, 0.3) is 0 Å². The second-order valence-electron chi connectivity index (χ2n) is 3.44. The standard InChI is InChI=1S/C7H11NO3/c9-4-11-6(10)8-7-1-5(2-7)3-7/h5,9H,1-4H2,(H,8,10). The first-order chi connectivity index (χ1) is 5.24. The fraction of sp³-hybridized carbons (Fsp3) is 0.857. The molecule has 0 radical (unpaired) electrons. The lowest BCUT2D eigenvalue weighted by atomic mass is 9.50. The number of hydrogen-bond acceptors (Lipinski definition) is 3. The van der Waals surface area contributed by atoms with E-state index in [1.54, 1.807) is 0 Å². The maximum Gasteiger partial charge on any atom is 0.409 e. The van der Waals surface area contributed by atoms with Gasteiger partial charge < -0.3 is 15.2 Å². The van der Waals surface area contributed by atoms with Crippen molar-refractivity contribution in [3.8, 4) is 0 Å². The highest BCUT2D eigenvalue weighted by atomic mass is 16.6. The molecule has 4 heteroatoms. The predicted octanol–water partition coefficient (Wildman–Crippen LogP) is 0.215. The van der Waals surface area contributed by atoms with Gasteiger partial charge in [-0.05, 0) is 25.2 Å². The zero-order valence-corrected chi connectivity index (χ0v) is 6.17. The molecule has 0 unspecified atom stereocenters. The molecule has 0 aromatic heterocycles. The molecule has 62 valence electrons. The fourth-order valence-electron chi connectivity index (χ4n) is 1.94. The number of nitrogens with one attached hydrogen (secondary N) is 1. The third-order valence-corrected chi connectivity index (χ3v) is 2.60. The molecule has 0 atom stereocenters. The largest absolute Gasteiger partial charge is 0.423 e. The average molecular weight is 157 g/mol. The maximum absolute atomic E-state index is 10.8. The molecule has 3 rings (SSSR count). The number of amides is 1. The smallest absolute Gasteiger partial charge is 0.409 e. The van der Waals surface area contributed by atoms with Crippen molar-refractivity contribution < 1.29 is 14.6 Å². The summed E-state index contributed by atoms with van der Waals surface area (Å²) < 4.78 is 4.34. The van der Waals surface area contributed by atoms with Crippen LogP contribution in [0.3, 0.4) is 0 Å². The van der Waals surface area contributed by atoms with Crippen molar-refractivity contribution in [2.75, 3.05) is 6.79 Å². The Morgan fingerprint density at radius 1 is 1.64 bits per heavy atom. The Balaban J connectivity index is 1.76. The Morgan fingerprint density at radius 2 is 2.27 bits per heavy atom. The van der Waals surface area contributed by atoms with Gasteiger partial charge in [0, 0.05) is 5.54 Å². The second kappa shape index (κ2) is 2.11. The molecule has 1 amide bonds. The van der Waals surface area contributed by atoms with E-state index in [1.165, 1.54) is 0 Å². The van der Waals surface area contributed by atoms with Crippen molar-refractivity contribution in [1.82, 2.24) is 5.32 Å². The molecule has 3 saturated carbocycles. The van der Waals surface area contributed by atoms with Gasteiger partial charge in [0.05, 0.1) is 0 Å². The van der Waals surface area contributed by atoms with E-state index < -0.39 is 12.9 Å². The lowest BCUT2D eigenvalue weighted by molar-refractivity contribution is -0.0540. The van der Waals surface area contributed by atoms with E-state index in [1.807, 2.05) is 0 Å². The zero-order chi connectivity index (χ0) is 7.90. The Bertz CT molecular complexity index is 175. The maximum atomic E-state index is 10.8. The number of ether oxygens (including phenoxy) is 1. The SMILES string of the molecule is O=C(NC12CC(C1)C2)OCO. The minimum Gasteiger partial charge on any atom is -0.423 e. The van der Waals surface area contributed by atoms with Crippen molar-refractivity contribution in [2.24, 2.45) is 5.92 Å². The molecule has 4 nitrogen and oxygen atoms in total. The van der Waals surface area contributed by atoms with Crippen LogP contribution in [-0.4, -0.2) is 23.5 Å². The van der Waals surface area contributed by atoms with E-state index in [0.29, 0.717) is 0 Å². The first-order valence-electron chi connectivity index (χ1n) is 3.80. The van der Waals surface area contributed by atoms with Crippen LogP contribution in [0.5, 0.6) is 0 Å². The third kappa shape index (κ3) is 0.976. The first kappa shape index (κ1) is 6.91. The van der Waals surface area contributed by atoms with Crippen LogP contribution in [0, 0.1) is 5.92 Å². The zero-order valence-electron chi connectivity index (χ0n) is 6.17. The normalized spacial score (nSPS) is 38.5. The molecule has 2 N–H and O–H groups in total. The van der Waals surface area contributed by atoms with Crippen molar-refractivity contribution >= 4 is 6.09 Å². The Kier molecular flexibility index (Phi) is 1.32. The van der Waals surface area contributed by atoms with Gasteiger partial charge in [-0.2, -0.15) is 0 Å². The molecule has 0 aromatic rings. The molecule has 0 heterocycles. The summed E-state index contributed by atoms with van der Waals surface area (Å²) in [5, 5.41) is 11.0. The number of aliphatic hydroxyl groups is 1.